The molecule has 0 aliphatic carbocycles. The highest BCUT2D eigenvalue weighted by molar-refractivity contribution is 9.10. The summed E-state index contributed by atoms with van der Waals surface area (Å²) in [5, 5.41) is 0. The molecule has 0 saturated heterocycles. The number of hydrogen-bond acceptors (Lipinski definition) is 2. The molecule has 0 radical (unpaired) electrons. The lowest BCUT2D eigenvalue weighted by atomic mass is 10.0. The van der Waals surface area contributed by atoms with Crippen molar-refractivity contribution < 1.29 is 4.42 Å². The Kier molecular flexibility index (Phi) is 2.83. The molecule has 1 aromatic heterocycles. The Hall–Kier alpha value is -0.830. The van der Waals surface area contributed by atoms with Crippen molar-refractivity contribution in [2.45, 2.75) is 33.1 Å². The molecule has 0 amide bonds. The monoisotopic (exact) mass is 267 g/mol. The summed E-state index contributed by atoms with van der Waals surface area (Å²) in [5.41, 5.74) is 3.09. The molecule has 0 bridgehead atoms. The van der Waals surface area contributed by atoms with Gasteiger partial charge >= 0.3 is 0 Å². The molecular formula is C12H14BrNO. The van der Waals surface area contributed by atoms with Crippen LogP contribution in [0.4, 0.5) is 0 Å². The van der Waals surface area contributed by atoms with Gasteiger partial charge in [0.05, 0.1) is 4.47 Å². The standard InChI is InChI=1S/C12H14BrNO/c1-4-11-14-10-6-8(7(2)3)5-9(13)12(10)15-11/h5-7H,4H2,1-3H3. The number of halogens is 1. The van der Waals surface area contributed by atoms with Crippen LogP contribution in [0.25, 0.3) is 11.1 Å². The normalized spacial score (nSPS) is 11.5. The van der Waals surface area contributed by atoms with E-state index in [2.05, 4.69) is 46.9 Å². The lowest BCUT2D eigenvalue weighted by Crippen LogP contribution is -1.87. The van der Waals surface area contributed by atoms with Crippen LogP contribution in [0.2, 0.25) is 0 Å². The lowest BCUT2D eigenvalue weighted by Gasteiger charge is -2.04. The van der Waals surface area contributed by atoms with Crippen LogP contribution >= 0.6 is 15.9 Å². The Morgan fingerprint density at radius 1 is 1.40 bits per heavy atom. The Labute approximate surface area is 97.8 Å². The van der Waals surface area contributed by atoms with Gasteiger partial charge in [-0.05, 0) is 39.5 Å². The maximum Gasteiger partial charge on any atom is 0.195 e. The van der Waals surface area contributed by atoms with Crippen molar-refractivity contribution in [3.63, 3.8) is 0 Å². The predicted octanol–water partition coefficient (Wildman–Crippen LogP) is 4.28. The summed E-state index contributed by atoms with van der Waals surface area (Å²) in [7, 11) is 0. The zero-order chi connectivity index (χ0) is 11.0. The lowest BCUT2D eigenvalue weighted by molar-refractivity contribution is 0.536. The fraction of sp³-hybridized carbons (Fsp3) is 0.417. The van der Waals surface area contributed by atoms with Gasteiger partial charge in [0.2, 0.25) is 0 Å². The summed E-state index contributed by atoms with van der Waals surface area (Å²) in [6.45, 7) is 6.39. The van der Waals surface area contributed by atoms with Gasteiger partial charge in [0.1, 0.15) is 5.52 Å². The van der Waals surface area contributed by atoms with Crippen molar-refractivity contribution in [1.29, 1.82) is 0 Å². The number of aryl methyl sites for hydroxylation is 1. The summed E-state index contributed by atoms with van der Waals surface area (Å²) in [5.74, 6) is 1.30. The molecule has 2 aromatic rings. The average Bonchev–Trinajstić information content (AvgIpc) is 2.61. The third-order valence-electron chi connectivity index (χ3n) is 2.48. The summed E-state index contributed by atoms with van der Waals surface area (Å²) in [6.07, 6.45) is 0.831. The van der Waals surface area contributed by atoms with Crippen molar-refractivity contribution in [2.75, 3.05) is 0 Å². The number of rotatable bonds is 2. The molecule has 0 fully saturated rings. The van der Waals surface area contributed by atoms with Crippen LogP contribution in [0.3, 0.4) is 0 Å². The van der Waals surface area contributed by atoms with Gasteiger partial charge in [-0.25, -0.2) is 4.98 Å². The number of benzene rings is 1. The van der Waals surface area contributed by atoms with Gasteiger partial charge in [0, 0.05) is 6.42 Å². The van der Waals surface area contributed by atoms with Crippen LogP contribution in [0, 0.1) is 0 Å². The first-order valence-corrected chi connectivity index (χ1v) is 6.00. The molecule has 0 aliphatic heterocycles. The molecule has 1 heterocycles. The van der Waals surface area contributed by atoms with E-state index in [1.165, 1.54) is 5.56 Å². The quantitative estimate of drug-likeness (QED) is 0.812. The third kappa shape index (κ3) is 1.93. The molecule has 0 atom stereocenters. The molecule has 2 nitrogen and oxygen atoms in total. The molecule has 80 valence electrons. The van der Waals surface area contributed by atoms with Crippen molar-refractivity contribution in [3.05, 3.63) is 28.1 Å². The molecule has 15 heavy (non-hydrogen) atoms. The van der Waals surface area contributed by atoms with E-state index in [0.29, 0.717) is 5.92 Å². The van der Waals surface area contributed by atoms with E-state index in [-0.39, 0.29) is 0 Å². The first-order chi connectivity index (χ1) is 7.11. The van der Waals surface area contributed by atoms with Gasteiger partial charge in [-0.3, -0.25) is 0 Å². The van der Waals surface area contributed by atoms with Crippen molar-refractivity contribution in [1.82, 2.24) is 4.98 Å². The van der Waals surface area contributed by atoms with Gasteiger partial charge in [0.15, 0.2) is 11.5 Å². The summed E-state index contributed by atoms with van der Waals surface area (Å²) >= 11 is 3.52. The maximum absolute atomic E-state index is 5.62. The Morgan fingerprint density at radius 2 is 2.13 bits per heavy atom. The van der Waals surface area contributed by atoms with Gasteiger partial charge in [0.25, 0.3) is 0 Å². The zero-order valence-electron chi connectivity index (χ0n) is 9.17. The first-order valence-electron chi connectivity index (χ1n) is 5.20. The minimum absolute atomic E-state index is 0.507. The SMILES string of the molecule is CCc1nc2cc(C(C)C)cc(Br)c2o1. The number of hydrogen-bond donors (Lipinski definition) is 0. The number of fused-ring (bicyclic) bond motifs is 1. The molecule has 0 aliphatic rings. The van der Waals surface area contributed by atoms with Crippen LogP contribution < -0.4 is 0 Å². The molecule has 0 N–H and O–H groups in total. The molecule has 2 rings (SSSR count). The maximum atomic E-state index is 5.62. The molecule has 0 unspecified atom stereocenters. The average molecular weight is 268 g/mol. The first kappa shape index (κ1) is 10.7. The fourth-order valence-electron chi connectivity index (χ4n) is 1.54. The minimum atomic E-state index is 0.507. The topological polar surface area (TPSA) is 26.0 Å². The van der Waals surface area contributed by atoms with Crippen LogP contribution in [-0.4, -0.2) is 4.98 Å². The van der Waals surface area contributed by atoms with Crippen LogP contribution in [0.5, 0.6) is 0 Å². The minimum Gasteiger partial charge on any atom is -0.440 e. The number of nitrogens with zero attached hydrogens (tertiary/aromatic N) is 1. The number of aromatic nitrogens is 1. The Balaban J connectivity index is 2.65. The molecule has 1 aromatic carbocycles. The highest BCUT2D eigenvalue weighted by Crippen LogP contribution is 2.29. The van der Waals surface area contributed by atoms with Crippen molar-refractivity contribution >= 4 is 27.0 Å². The van der Waals surface area contributed by atoms with Crippen molar-refractivity contribution in [3.8, 4) is 0 Å². The molecule has 3 heteroatoms. The van der Waals surface area contributed by atoms with E-state index in [0.717, 1.165) is 27.9 Å². The fourth-order valence-corrected chi connectivity index (χ4v) is 2.09. The second kappa shape index (κ2) is 3.97. The third-order valence-corrected chi connectivity index (χ3v) is 3.07. The Bertz CT molecular complexity index is 488. The highest BCUT2D eigenvalue weighted by atomic mass is 79.9. The summed E-state index contributed by atoms with van der Waals surface area (Å²) < 4.78 is 6.62. The van der Waals surface area contributed by atoms with Gasteiger partial charge < -0.3 is 4.42 Å². The number of oxazole rings is 1. The second-order valence-corrected chi connectivity index (χ2v) is 4.82. The highest BCUT2D eigenvalue weighted by Gasteiger charge is 2.10. The summed E-state index contributed by atoms with van der Waals surface area (Å²) in [6, 6.07) is 4.21. The van der Waals surface area contributed by atoms with Gasteiger partial charge in [-0.2, -0.15) is 0 Å². The Morgan fingerprint density at radius 3 is 2.73 bits per heavy atom. The molecular weight excluding hydrogens is 254 g/mol. The molecule has 0 spiro atoms. The second-order valence-electron chi connectivity index (χ2n) is 3.97. The smallest absolute Gasteiger partial charge is 0.195 e. The van der Waals surface area contributed by atoms with E-state index in [9.17, 15) is 0 Å². The largest absolute Gasteiger partial charge is 0.440 e. The van der Waals surface area contributed by atoms with Gasteiger partial charge in [-0.15, -0.1) is 0 Å². The van der Waals surface area contributed by atoms with E-state index in [1.807, 2.05) is 6.92 Å². The van der Waals surface area contributed by atoms with E-state index in [4.69, 9.17) is 4.42 Å². The van der Waals surface area contributed by atoms with Gasteiger partial charge in [-0.1, -0.05) is 20.8 Å². The predicted molar refractivity (Wildman–Crippen MR) is 65.2 cm³/mol. The van der Waals surface area contributed by atoms with Crippen molar-refractivity contribution in [2.24, 2.45) is 0 Å². The van der Waals surface area contributed by atoms with E-state index in [1.54, 1.807) is 0 Å². The summed E-state index contributed by atoms with van der Waals surface area (Å²) in [4.78, 5) is 4.44. The molecule has 0 saturated carbocycles. The van der Waals surface area contributed by atoms with Crippen LogP contribution in [-0.2, 0) is 6.42 Å². The van der Waals surface area contributed by atoms with E-state index >= 15 is 0 Å². The van der Waals surface area contributed by atoms with Crippen LogP contribution in [0.15, 0.2) is 21.0 Å². The van der Waals surface area contributed by atoms with Crippen LogP contribution in [0.1, 0.15) is 38.1 Å². The van der Waals surface area contributed by atoms with E-state index < -0.39 is 0 Å². The zero-order valence-corrected chi connectivity index (χ0v) is 10.8.